The number of amides is 2. The molecule has 1 aromatic heterocycles. The van der Waals surface area contributed by atoms with E-state index in [9.17, 15) is 9.59 Å². The number of carbonyl (C=O) groups is 2. The molecule has 0 spiro atoms. The number of anilines is 1. The third-order valence-corrected chi connectivity index (χ3v) is 5.98. The summed E-state index contributed by atoms with van der Waals surface area (Å²) in [5, 5.41) is 7.33. The molecule has 0 aliphatic heterocycles. The second-order valence-corrected chi connectivity index (χ2v) is 8.78. The van der Waals surface area contributed by atoms with Gasteiger partial charge in [0.2, 0.25) is 11.8 Å². The van der Waals surface area contributed by atoms with Crippen LogP contribution in [-0.4, -0.2) is 39.9 Å². The van der Waals surface area contributed by atoms with Crippen LogP contribution in [-0.2, 0) is 10.5 Å². The summed E-state index contributed by atoms with van der Waals surface area (Å²) in [6, 6.07) is 12.1. The van der Waals surface area contributed by atoms with Crippen LogP contribution in [0.1, 0.15) is 35.4 Å². The van der Waals surface area contributed by atoms with Crippen molar-refractivity contribution in [3.8, 4) is 0 Å². The topological polar surface area (TPSA) is 88.3 Å². The van der Waals surface area contributed by atoms with E-state index in [-0.39, 0.29) is 18.4 Å². The second-order valence-electron chi connectivity index (χ2n) is 6.92. The molecule has 0 aliphatic carbocycles. The zero-order valence-electron chi connectivity index (χ0n) is 17.6. The van der Waals surface area contributed by atoms with Gasteiger partial charge in [0.1, 0.15) is 6.54 Å². The van der Waals surface area contributed by atoms with E-state index in [0.29, 0.717) is 51.7 Å². The normalized spacial score (nSPS) is 10.8. The van der Waals surface area contributed by atoms with Crippen LogP contribution < -0.4 is 5.32 Å². The molecular formula is C22H22Cl2N4O3S. The Kier molecular flexibility index (Phi) is 8.55. The smallest absolute Gasteiger partial charge is 0.255 e. The number of carbonyl (C=O) groups excluding carboxylic acids is 2. The summed E-state index contributed by atoms with van der Waals surface area (Å²) >= 11 is 13.5. The molecule has 2 amide bonds. The minimum atomic E-state index is -0.359. The molecule has 10 heteroatoms. The molecule has 0 aliphatic rings. The van der Waals surface area contributed by atoms with E-state index in [2.05, 4.69) is 15.5 Å². The van der Waals surface area contributed by atoms with Crippen LogP contribution in [0.15, 0.2) is 51.9 Å². The Morgan fingerprint density at radius 1 is 1.19 bits per heavy atom. The maximum absolute atomic E-state index is 13.3. The fourth-order valence-electron chi connectivity index (χ4n) is 2.96. The molecule has 3 rings (SSSR count). The molecule has 3 aromatic rings. The Morgan fingerprint density at radius 3 is 2.69 bits per heavy atom. The van der Waals surface area contributed by atoms with Gasteiger partial charge in [-0.25, -0.2) is 0 Å². The van der Waals surface area contributed by atoms with Gasteiger partial charge in [-0.1, -0.05) is 47.4 Å². The lowest BCUT2D eigenvalue weighted by atomic mass is 10.2. The third kappa shape index (κ3) is 6.48. The van der Waals surface area contributed by atoms with Crippen molar-refractivity contribution in [1.29, 1.82) is 0 Å². The van der Waals surface area contributed by atoms with Crippen molar-refractivity contribution in [3.05, 3.63) is 69.8 Å². The highest BCUT2D eigenvalue weighted by molar-refractivity contribution is 7.98. The van der Waals surface area contributed by atoms with Crippen LogP contribution in [0.4, 0.5) is 5.69 Å². The quantitative estimate of drug-likeness (QED) is 0.398. The first-order valence-electron chi connectivity index (χ1n) is 9.92. The van der Waals surface area contributed by atoms with Crippen molar-refractivity contribution in [1.82, 2.24) is 15.0 Å². The first-order chi connectivity index (χ1) is 15.4. The zero-order chi connectivity index (χ0) is 23.1. The lowest BCUT2D eigenvalue weighted by Gasteiger charge is -2.23. The molecule has 0 atom stereocenters. The highest BCUT2D eigenvalue weighted by Crippen LogP contribution is 2.28. The van der Waals surface area contributed by atoms with E-state index in [1.165, 1.54) is 16.7 Å². The number of rotatable bonds is 9. The number of aryl methyl sites for hydroxylation is 1. The van der Waals surface area contributed by atoms with Crippen molar-refractivity contribution in [3.63, 3.8) is 0 Å². The van der Waals surface area contributed by atoms with Gasteiger partial charge < -0.3 is 14.7 Å². The predicted molar refractivity (Wildman–Crippen MR) is 126 cm³/mol. The summed E-state index contributed by atoms with van der Waals surface area (Å²) in [6.07, 6.45) is 0.702. The summed E-state index contributed by atoms with van der Waals surface area (Å²) in [5.41, 5.74) is 0.912. The van der Waals surface area contributed by atoms with Crippen LogP contribution in [0.25, 0.3) is 0 Å². The van der Waals surface area contributed by atoms with Crippen LogP contribution in [0, 0.1) is 6.92 Å². The second kappa shape index (κ2) is 11.4. The minimum absolute atomic E-state index is 0.114. The first kappa shape index (κ1) is 24.1. The molecule has 0 saturated heterocycles. The summed E-state index contributed by atoms with van der Waals surface area (Å²) in [4.78, 5) is 32.4. The van der Waals surface area contributed by atoms with Crippen LogP contribution >= 0.6 is 35.0 Å². The number of hydrogen-bond donors (Lipinski definition) is 1. The molecule has 2 aromatic carbocycles. The molecule has 1 heterocycles. The van der Waals surface area contributed by atoms with Crippen molar-refractivity contribution in [2.45, 2.75) is 30.9 Å². The van der Waals surface area contributed by atoms with E-state index >= 15 is 0 Å². The lowest BCUT2D eigenvalue weighted by Crippen LogP contribution is -2.38. The highest BCUT2D eigenvalue weighted by atomic mass is 35.5. The van der Waals surface area contributed by atoms with Crippen LogP contribution in [0.3, 0.4) is 0 Å². The molecule has 7 nitrogen and oxygen atoms in total. The molecule has 32 heavy (non-hydrogen) atoms. The SMILES string of the molecule is CCCN(CC(=O)Nc1cc(Cl)ccc1Cl)C(=O)c1ccccc1SCc1nc(C)no1. The van der Waals surface area contributed by atoms with Crippen LogP contribution in [0.2, 0.25) is 10.0 Å². The first-order valence-corrected chi connectivity index (χ1v) is 11.7. The lowest BCUT2D eigenvalue weighted by molar-refractivity contribution is -0.116. The number of aromatic nitrogens is 2. The molecular weight excluding hydrogens is 471 g/mol. The van der Waals surface area contributed by atoms with Gasteiger partial charge >= 0.3 is 0 Å². The number of halogens is 2. The summed E-state index contributed by atoms with van der Waals surface area (Å²) in [5.74, 6) is 0.890. The Hall–Kier alpha value is -2.55. The van der Waals surface area contributed by atoms with Gasteiger partial charge in [0, 0.05) is 16.5 Å². The average Bonchev–Trinajstić information content (AvgIpc) is 3.19. The number of nitrogens with one attached hydrogen (secondary N) is 1. The van der Waals surface area contributed by atoms with Gasteiger partial charge in [0.15, 0.2) is 5.82 Å². The highest BCUT2D eigenvalue weighted by Gasteiger charge is 2.21. The van der Waals surface area contributed by atoms with Gasteiger partial charge in [0.25, 0.3) is 5.91 Å². The van der Waals surface area contributed by atoms with E-state index in [1.807, 2.05) is 19.1 Å². The number of nitrogens with zero attached hydrogens (tertiary/aromatic N) is 3. The van der Waals surface area contributed by atoms with Crippen molar-refractivity contribution in [2.75, 3.05) is 18.4 Å². The van der Waals surface area contributed by atoms with Crippen molar-refractivity contribution in [2.24, 2.45) is 0 Å². The standard InChI is InChI=1S/C22H22Cl2N4O3S/c1-3-10-28(12-20(29)26-18-11-15(23)8-9-17(18)24)22(30)16-6-4-5-7-19(16)32-13-21-25-14(2)27-31-21/h4-9,11H,3,10,12-13H2,1-2H3,(H,26,29). The molecule has 0 fully saturated rings. The average molecular weight is 493 g/mol. The maximum atomic E-state index is 13.3. The fourth-order valence-corrected chi connectivity index (χ4v) is 4.18. The van der Waals surface area contributed by atoms with Gasteiger partial charge in [-0.3, -0.25) is 9.59 Å². The van der Waals surface area contributed by atoms with E-state index in [1.54, 1.807) is 37.3 Å². The largest absolute Gasteiger partial charge is 0.338 e. The Morgan fingerprint density at radius 2 is 1.97 bits per heavy atom. The Balaban J connectivity index is 1.72. The summed E-state index contributed by atoms with van der Waals surface area (Å²) < 4.78 is 5.15. The van der Waals surface area contributed by atoms with Gasteiger partial charge in [-0.2, -0.15) is 4.98 Å². The predicted octanol–water partition coefficient (Wildman–Crippen LogP) is 5.47. The molecule has 0 saturated carbocycles. The van der Waals surface area contributed by atoms with E-state index in [4.69, 9.17) is 27.7 Å². The summed E-state index contributed by atoms with van der Waals surface area (Å²) in [6.45, 7) is 4.01. The molecule has 0 bridgehead atoms. The molecule has 1 N–H and O–H groups in total. The third-order valence-electron chi connectivity index (χ3n) is 4.36. The minimum Gasteiger partial charge on any atom is -0.338 e. The fraction of sp³-hybridized carbons (Fsp3) is 0.273. The van der Waals surface area contributed by atoms with Gasteiger partial charge in [-0.15, -0.1) is 11.8 Å². The molecule has 0 radical (unpaired) electrons. The Bertz CT molecular complexity index is 1110. The number of thioether (sulfide) groups is 1. The van der Waals surface area contributed by atoms with Crippen molar-refractivity contribution >= 4 is 52.5 Å². The van der Waals surface area contributed by atoms with E-state index < -0.39 is 0 Å². The molecule has 0 unspecified atom stereocenters. The van der Waals surface area contributed by atoms with E-state index in [0.717, 1.165) is 4.90 Å². The monoisotopic (exact) mass is 492 g/mol. The molecule has 168 valence electrons. The van der Waals surface area contributed by atoms with Crippen LogP contribution in [0.5, 0.6) is 0 Å². The summed E-state index contributed by atoms with van der Waals surface area (Å²) in [7, 11) is 0. The van der Waals surface area contributed by atoms with Gasteiger partial charge in [0.05, 0.1) is 22.0 Å². The van der Waals surface area contributed by atoms with Gasteiger partial charge in [-0.05, 0) is 43.7 Å². The van der Waals surface area contributed by atoms with Crippen molar-refractivity contribution < 1.29 is 14.1 Å². The number of hydrogen-bond acceptors (Lipinski definition) is 6. The zero-order valence-corrected chi connectivity index (χ0v) is 19.9. The Labute approximate surface area is 200 Å². The number of benzene rings is 2. The maximum Gasteiger partial charge on any atom is 0.255 e.